The van der Waals surface area contributed by atoms with Gasteiger partial charge in [0.1, 0.15) is 11.6 Å². The van der Waals surface area contributed by atoms with Gasteiger partial charge in [-0.15, -0.1) is 11.3 Å². The van der Waals surface area contributed by atoms with Crippen LogP contribution in [-0.2, 0) is 16.2 Å². The van der Waals surface area contributed by atoms with Crippen LogP contribution in [0.2, 0.25) is 5.02 Å². The second kappa shape index (κ2) is 7.80. The van der Waals surface area contributed by atoms with Gasteiger partial charge in [0.15, 0.2) is 0 Å². The molecule has 0 amide bonds. The molecular formula is C22H18ClNO3S. The van der Waals surface area contributed by atoms with Gasteiger partial charge in [-0.05, 0) is 29.3 Å². The lowest BCUT2D eigenvalue weighted by Crippen LogP contribution is -2.03. The maximum atomic E-state index is 12.1. The molecule has 0 unspecified atom stereocenters. The fraction of sp³-hybridized carbons (Fsp3) is 0.136. The zero-order valence-corrected chi connectivity index (χ0v) is 17.0. The number of aromatic nitrogens is 1. The number of hydrogen-bond acceptors (Lipinski definition) is 4. The molecule has 0 bridgehead atoms. The summed E-state index contributed by atoms with van der Waals surface area (Å²) in [5.41, 5.74) is 5.14. The van der Waals surface area contributed by atoms with Gasteiger partial charge in [0.05, 0.1) is 23.0 Å². The van der Waals surface area contributed by atoms with Gasteiger partial charge in [-0.3, -0.25) is 0 Å². The molecule has 2 aromatic heterocycles. The summed E-state index contributed by atoms with van der Waals surface area (Å²) in [6, 6.07) is 19.8. The number of benzene rings is 2. The first-order valence-corrected chi connectivity index (χ1v) is 9.88. The van der Waals surface area contributed by atoms with Crippen molar-refractivity contribution >= 4 is 39.1 Å². The number of nitrogens with zero attached hydrogens (tertiary/aromatic N) is 1. The number of halogens is 1. The summed E-state index contributed by atoms with van der Waals surface area (Å²) >= 11 is 7.54. The van der Waals surface area contributed by atoms with E-state index in [2.05, 4.69) is 16.7 Å². The molecule has 142 valence electrons. The van der Waals surface area contributed by atoms with Gasteiger partial charge in [-0.2, -0.15) is 0 Å². The Hall–Kier alpha value is -2.60. The summed E-state index contributed by atoms with van der Waals surface area (Å²) in [5, 5.41) is 0.685. The summed E-state index contributed by atoms with van der Waals surface area (Å²) < 4.78 is 13.5. The molecule has 0 atom stereocenters. The molecular weight excluding hydrogens is 394 g/mol. The van der Waals surface area contributed by atoms with Gasteiger partial charge < -0.3 is 14.0 Å². The van der Waals surface area contributed by atoms with Gasteiger partial charge in [0, 0.05) is 17.7 Å². The van der Waals surface area contributed by atoms with Crippen molar-refractivity contribution in [3.63, 3.8) is 0 Å². The summed E-state index contributed by atoms with van der Waals surface area (Å²) in [4.78, 5) is 12.7. The Morgan fingerprint density at radius 1 is 1.04 bits per heavy atom. The summed E-state index contributed by atoms with van der Waals surface area (Å²) in [7, 11) is 3.06. The number of hydrogen-bond donors (Lipinski definition) is 0. The molecule has 2 heterocycles. The van der Waals surface area contributed by atoms with Crippen LogP contribution in [0.1, 0.15) is 9.67 Å². The van der Waals surface area contributed by atoms with Gasteiger partial charge in [0.25, 0.3) is 0 Å². The number of methoxy groups -OCH3 is 2. The predicted octanol–water partition coefficient (Wildman–Crippen LogP) is 6.08. The number of rotatable bonds is 5. The Balaban J connectivity index is 2.07. The average Bonchev–Trinajstić information content (AvgIpc) is 3.27. The SMILES string of the molecule is COCn1c(-c2ccc(Cl)cc2)c(-c2ccccc2)c2sc(C(=O)OC)cc21. The van der Waals surface area contributed by atoms with Crippen molar-refractivity contribution in [2.45, 2.75) is 6.73 Å². The van der Waals surface area contributed by atoms with E-state index in [0.717, 1.165) is 32.6 Å². The van der Waals surface area contributed by atoms with Gasteiger partial charge in [-0.25, -0.2) is 4.79 Å². The monoisotopic (exact) mass is 411 g/mol. The highest BCUT2D eigenvalue weighted by atomic mass is 35.5. The maximum absolute atomic E-state index is 12.1. The third kappa shape index (κ3) is 3.22. The van der Waals surface area contributed by atoms with Crippen LogP contribution >= 0.6 is 22.9 Å². The first kappa shape index (κ1) is 18.7. The van der Waals surface area contributed by atoms with Gasteiger partial charge in [0.2, 0.25) is 0 Å². The van der Waals surface area contributed by atoms with E-state index in [-0.39, 0.29) is 5.97 Å². The molecule has 0 radical (unpaired) electrons. The van der Waals surface area contributed by atoms with Crippen LogP contribution in [0.25, 0.3) is 32.6 Å². The Morgan fingerprint density at radius 3 is 2.39 bits per heavy atom. The van der Waals surface area contributed by atoms with Crippen molar-refractivity contribution in [3.8, 4) is 22.4 Å². The van der Waals surface area contributed by atoms with Crippen molar-refractivity contribution in [2.24, 2.45) is 0 Å². The van der Waals surface area contributed by atoms with Crippen LogP contribution in [0.15, 0.2) is 60.7 Å². The molecule has 4 rings (SSSR count). The molecule has 4 aromatic rings. The van der Waals surface area contributed by atoms with Crippen LogP contribution in [0.3, 0.4) is 0 Å². The first-order chi connectivity index (χ1) is 13.6. The largest absolute Gasteiger partial charge is 0.465 e. The Bertz CT molecular complexity index is 1130. The Kier molecular flexibility index (Phi) is 5.22. The summed E-state index contributed by atoms with van der Waals surface area (Å²) in [5.74, 6) is -0.336. The van der Waals surface area contributed by atoms with Gasteiger partial charge >= 0.3 is 5.97 Å². The van der Waals surface area contributed by atoms with E-state index in [1.807, 2.05) is 48.5 Å². The molecule has 6 heteroatoms. The lowest BCUT2D eigenvalue weighted by molar-refractivity contribution is 0.0606. The third-order valence-electron chi connectivity index (χ3n) is 4.56. The zero-order chi connectivity index (χ0) is 19.7. The number of ether oxygens (including phenoxy) is 2. The molecule has 28 heavy (non-hydrogen) atoms. The second-order valence-corrected chi connectivity index (χ2v) is 7.75. The third-order valence-corrected chi connectivity index (χ3v) is 5.94. The second-order valence-electron chi connectivity index (χ2n) is 6.26. The minimum absolute atomic E-state index is 0.336. The summed E-state index contributed by atoms with van der Waals surface area (Å²) in [6.07, 6.45) is 0. The van der Waals surface area contributed by atoms with Gasteiger partial charge in [-0.1, -0.05) is 54.1 Å². The first-order valence-electron chi connectivity index (χ1n) is 8.68. The van der Waals surface area contributed by atoms with E-state index < -0.39 is 0 Å². The molecule has 2 aromatic carbocycles. The molecule has 0 aliphatic heterocycles. The Morgan fingerprint density at radius 2 is 1.75 bits per heavy atom. The number of fused-ring (bicyclic) bond motifs is 1. The number of esters is 1. The fourth-order valence-corrected chi connectivity index (χ4v) is 4.64. The molecule has 0 fully saturated rings. The van der Waals surface area contributed by atoms with E-state index in [0.29, 0.717) is 16.6 Å². The van der Waals surface area contributed by atoms with E-state index in [1.165, 1.54) is 18.4 Å². The normalized spacial score (nSPS) is 11.1. The van der Waals surface area contributed by atoms with Crippen LogP contribution in [0.5, 0.6) is 0 Å². The molecule has 0 spiro atoms. The van der Waals surface area contributed by atoms with Crippen LogP contribution in [-0.4, -0.2) is 24.8 Å². The number of carbonyl (C=O) groups is 1. The number of thiophene rings is 1. The van der Waals surface area contributed by atoms with E-state index in [4.69, 9.17) is 21.1 Å². The van der Waals surface area contributed by atoms with Crippen LogP contribution in [0.4, 0.5) is 0 Å². The quantitative estimate of drug-likeness (QED) is 0.373. The minimum Gasteiger partial charge on any atom is -0.465 e. The van der Waals surface area contributed by atoms with Crippen molar-refractivity contribution in [3.05, 3.63) is 70.6 Å². The lowest BCUT2D eigenvalue weighted by atomic mass is 10.0. The topological polar surface area (TPSA) is 40.5 Å². The van der Waals surface area contributed by atoms with Crippen molar-refractivity contribution in [1.82, 2.24) is 4.57 Å². The van der Waals surface area contributed by atoms with Crippen LogP contribution < -0.4 is 0 Å². The summed E-state index contributed by atoms with van der Waals surface area (Å²) in [6.45, 7) is 0.360. The standard InChI is InChI=1S/C22H18ClNO3S/c1-26-13-24-17-12-18(22(25)27-2)28-21(17)19(14-6-4-3-5-7-14)20(24)15-8-10-16(23)11-9-15/h3-12H,13H2,1-2H3. The van der Waals surface area contributed by atoms with Crippen molar-refractivity contribution < 1.29 is 14.3 Å². The van der Waals surface area contributed by atoms with Crippen molar-refractivity contribution in [2.75, 3.05) is 14.2 Å². The molecule has 0 aliphatic rings. The van der Waals surface area contributed by atoms with E-state index in [1.54, 1.807) is 7.11 Å². The zero-order valence-electron chi connectivity index (χ0n) is 15.4. The smallest absolute Gasteiger partial charge is 0.348 e. The molecule has 4 nitrogen and oxygen atoms in total. The highest BCUT2D eigenvalue weighted by molar-refractivity contribution is 7.21. The highest BCUT2D eigenvalue weighted by Gasteiger charge is 2.24. The van der Waals surface area contributed by atoms with E-state index >= 15 is 0 Å². The lowest BCUT2D eigenvalue weighted by Gasteiger charge is -2.12. The highest BCUT2D eigenvalue weighted by Crippen LogP contribution is 2.44. The maximum Gasteiger partial charge on any atom is 0.348 e. The van der Waals surface area contributed by atoms with E-state index in [9.17, 15) is 4.79 Å². The fourth-order valence-electron chi connectivity index (χ4n) is 3.37. The predicted molar refractivity (Wildman–Crippen MR) is 114 cm³/mol. The Labute approximate surface area is 171 Å². The molecule has 0 aliphatic carbocycles. The van der Waals surface area contributed by atoms with Crippen molar-refractivity contribution in [1.29, 1.82) is 0 Å². The average molecular weight is 412 g/mol. The molecule has 0 N–H and O–H groups in total. The minimum atomic E-state index is -0.336. The molecule has 0 saturated carbocycles. The van der Waals surface area contributed by atoms with Crippen LogP contribution in [0, 0.1) is 0 Å². The number of carbonyl (C=O) groups excluding carboxylic acids is 1. The molecule has 0 saturated heterocycles.